The summed E-state index contributed by atoms with van der Waals surface area (Å²) < 4.78 is 20.3. The minimum absolute atomic E-state index is 0.353. The number of ether oxygens (including phenoxy) is 1. The molecule has 0 unspecified atom stereocenters. The number of rotatable bonds is 4. The van der Waals surface area contributed by atoms with Crippen LogP contribution in [0.25, 0.3) is 11.2 Å². The first-order valence-corrected chi connectivity index (χ1v) is 7.91. The molecule has 10 heteroatoms. The van der Waals surface area contributed by atoms with Gasteiger partial charge < -0.3 is 25.4 Å². The fourth-order valence-corrected chi connectivity index (χ4v) is 2.94. The van der Waals surface area contributed by atoms with E-state index < -0.39 is 37.0 Å². The SMILES string of the molecule is OC[C@H]1O[C@@H](n2cnc3c(Nc4cccc(F)c4)ncnc32)[C@H](O)[C@@H]1O. The summed E-state index contributed by atoms with van der Waals surface area (Å²) in [5.74, 6) is -0.0385. The maximum atomic E-state index is 13.4. The van der Waals surface area contributed by atoms with Crippen LogP contribution in [-0.2, 0) is 4.74 Å². The first-order chi connectivity index (χ1) is 12.6. The van der Waals surface area contributed by atoms with Crippen LogP contribution in [-0.4, -0.2) is 59.8 Å². The highest BCUT2D eigenvalue weighted by molar-refractivity contribution is 5.85. The molecule has 0 radical (unpaired) electrons. The molecular weight excluding hydrogens is 345 g/mol. The second-order valence-electron chi connectivity index (χ2n) is 5.91. The number of nitrogens with zero attached hydrogens (tertiary/aromatic N) is 4. The third-order valence-electron chi connectivity index (χ3n) is 4.24. The number of hydrogen-bond acceptors (Lipinski definition) is 8. The zero-order chi connectivity index (χ0) is 18.3. The second kappa shape index (κ2) is 6.57. The Hall–Kier alpha value is -2.66. The number of halogens is 1. The number of nitrogens with one attached hydrogen (secondary N) is 1. The van der Waals surface area contributed by atoms with Gasteiger partial charge in [-0.15, -0.1) is 0 Å². The lowest BCUT2D eigenvalue weighted by Gasteiger charge is -2.16. The van der Waals surface area contributed by atoms with E-state index in [-0.39, 0.29) is 0 Å². The van der Waals surface area contributed by atoms with Gasteiger partial charge in [-0.1, -0.05) is 6.07 Å². The Kier molecular flexibility index (Phi) is 4.24. The Bertz CT molecular complexity index is 936. The number of anilines is 2. The predicted molar refractivity (Wildman–Crippen MR) is 88.0 cm³/mol. The highest BCUT2D eigenvalue weighted by atomic mass is 19.1. The number of aliphatic hydroxyl groups excluding tert-OH is 3. The van der Waals surface area contributed by atoms with Crippen LogP contribution < -0.4 is 5.32 Å². The molecule has 1 aliphatic rings. The molecule has 4 rings (SSSR count). The van der Waals surface area contributed by atoms with Crippen molar-refractivity contribution in [3.63, 3.8) is 0 Å². The van der Waals surface area contributed by atoms with Crippen molar-refractivity contribution in [2.45, 2.75) is 24.5 Å². The average Bonchev–Trinajstić information content (AvgIpc) is 3.18. The summed E-state index contributed by atoms with van der Waals surface area (Å²) in [4.78, 5) is 12.5. The van der Waals surface area contributed by atoms with E-state index in [1.54, 1.807) is 12.1 Å². The Morgan fingerprint density at radius 3 is 2.77 bits per heavy atom. The van der Waals surface area contributed by atoms with Crippen molar-refractivity contribution in [3.8, 4) is 0 Å². The van der Waals surface area contributed by atoms with Crippen LogP contribution in [0, 0.1) is 5.82 Å². The third kappa shape index (κ3) is 2.78. The molecular formula is C16H16FN5O4. The molecule has 136 valence electrons. The molecule has 0 amide bonds. The van der Waals surface area contributed by atoms with E-state index in [4.69, 9.17) is 4.74 Å². The topological polar surface area (TPSA) is 126 Å². The van der Waals surface area contributed by atoms with Gasteiger partial charge in [-0.2, -0.15) is 0 Å². The summed E-state index contributed by atoms with van der Waals surface area (Å²) in [5.41, 5.74) is 1.23. The van der Waals surface area contributed by atoms with E-state index in [1.165, 1.54) is 29.4 Å². The maximum absolute atomic E-state index is 13.4. The fraction of sp³-hybridized carbons (Fsp3) is 0.312. The van der Waals surface area contributed by atoms with Crippen molar-refractivity contribution in [2.75, 3.05) is 11.9 Å². The van der Waals surface area contributed by atoms with Gasteiger partial charge in [0, 0.05) is 5.69 Å². The van der Waals surface area contributed by atoms with Crippen LogP contribution in [0.5, 0.6) is 0 Å². The normalized spacial score (nSPS) is 25.7. The van der Waals surface area contributed by atoms with Crippen molar-refractivity contribution in [3.05, 3.63) is 42.7 Å². The predicted octanol–water partition coefficient (Wildman–Crippen LogP) is 0.320. The van der Waals surface area contributed by atoms with Gasteiger partial charge in [-0.25, -0.2) is 19.3 Å². The molecule has 0 saturated carbocycles. The summed E-state index contributed by atoms with van der Waals surface area (Å²) in [7, 11) is 0. The molecule has 0 bridgehead atoms. The number of benzene rings is 1. The Morgan fingerprint density at radius 2 is 2.04 bits per heavy atom. The summed E-state index contributed by atoms with van der Waals surface area (Å²) >= 11 is 0. The molecule has 3 aromatic rings. The largest absolute Gasteiger partial charge is 0.394 e. The van der Waals surface area contributed by atoms with Gasteiger partial charge in [0.25, 0.3) is 0 Å². The lowest BCUT2D eigenvalue weighted by atomic mass is 10.1. The smallest absolute Gasteiger partial charge is 0.167 e. The molecule has 0 aliphatic carbocycles. The van der Waals surface area contributed by atoms with Gasteiger partial charge in [-0.05, 0) is 18.2 Å². The van der Waals surface area contributed by atoms with Gasteiger partial charge in [-0.3, -0.25) is 4.57 Å². The zero-order valence-electron chi connectivity index (χ0n) is 13.4. The van der Waals surface area contributed by atoms with Crippen LogP contribution in [0.2, 0.25) is 0 Å². The zero-order valence-corrected chi connectivity index (χ0v) is 13.4. The first kappa shape index (κ1) is 16.8. The maximum Gasteiger partial charge on any atom is 0.167 e. The molecule has 4 atom stereocenters. The molecule has 1 aromatic carbocycles. The summed E-state index contributed by atoms with van der Waals surface area (Å²) in [6.07, 6.45) is -1.64. The quantitative estimate of drug-likeness (QED) is 0.524. The molecule has 3 heterocycles. The molecule has 1 saturated heterocycles. The van der Waals surface area contributed by atoms with Crippen LogP contribution in [0.15, 0.2) is 36.9 Å². The molecule has 9 nitrogen and oxygen atoms in total. The fourth-order valence-electron chi connectivity index (χ4n) is 2.94. The summed E-state index contributed by atoms with van der Waals surface area (Å²) in [6.45, 7) is -0.428. The van der Waals surface area contributed by atoms with Gasteiger partial charge in [0.2, 0.25) is 0 Å². The Morgan fingerprint density at radius 1 is 1.19 bits per heavy atom. The van der Waals surface area contributed by atoms with Gasteiger partial charge in [0.05, 0.1) is 12.9 Å². The minimum atomic E-state index is -1.25. The Labute approximate surface area is 146 Å². The number of aromatic nitrogens is 4. The van der Waals surface area contributed by atoms with Crippen molar-refractivity contribution in [2.24, 2.45) is 0 Å². The molecule has 0 spiro atoms. The van der Waals surface area contributed by atoms with Crippen molar-refractivity contribution in [1.29, 1.82) is 0 Å². The monoisotopic (exact) mass is 361 g/mol. The molecule has 1 aliphatic heterocycles. The van der Waals surface area contributed by atoms with Crippen LogP contribution in [0.3, 0.4) is 0 Å². The summed E-state index contributed by atoms with van der Waals surface area (Å²) in [6, 6.07) is 5.89. The van der Waals surface area contributed by atoms with E-state index in [9.17, 15) is 19.7 Å². The molecule has 4 N–H and O–H groups in total. The van der Waals surface area contributed by atoms with Crippen LogP contribution in [0.1, 0.15) is 6.23 Å². The molecule has 26 heavy (non-hydrogen) atoms. The molecule has 1 fully saturated rings. The van der Waals surface area contributed by atoms with Gasteiger partial charge >= 0.3 is 0 Å². The number of aliphatic hydroxyl groups is 3. The lowest BCUT2D eigenvalue weighted by Crippen LogP contribution is -2.33. The van der Waals surface area contributed by atoms with Gasteiger partial charge in [0.15, 0.2) is 23.2 Å². The highest BCUT2D eigenvalue weighted by Gasteiger charge is 2.44. The standard InChI is InChI=1S/C16H16FN5O4/c17-8-2-1-3-9(4-8)21-14-11-15(19-6-18-14)22(7-20-11)16-13(25)12(24)10(5-23)26-16/h1-4,6-7,10,12-13,16,23-25H,5H2,(H,18,19,21)/t10-,12-,13-,16-/m1/s1. The second-order valence-corrected chi connectivity index (χ2v) is 5.91. The molecule has 2 aromatic heterocycles. The van der Waals surface area contributed by atoms with Crippen molar-refractivity contribution >= 4 is 22.7 Å². The number of fused-ring (bicyclic) bond motifs is 1. The first-order valence-electron chi connectivity index (χ1n) is 7.91. The van der Waals surface area contributed by atoms with E-state index in [1.807, 2.05) is 0 Å². The number of imidazole rings is 1. The lowest BCUT2D eigenvalue weighted by molar-refractivity contribution is -0.0511. The van der Waals surface area contributed by atoms with E-state index in [0.717, 1.165) is 0 Å². The summed E-state index contributed by atoms with van der Waals surface area (Å²) in [5, 5.41) is 32.3. The van der Waals surface area contributed by atoms with Crippen LogP contribution >= 0.6 is 0 Å². The highest BCUT2D eigenvalue weighted by Crippen LogP contribution is 2.32. The Balaban J connectivity index is 1.69. The van der Waals surface area contributed by atoms with Crippen molar-refractivity contribution in [1.82, 2.24) is 19.5 Å². The minimum Gasteiger partial charge on any atom is -0.394 e. The van der Waals surface area contributed by atoms with E-state index >= 15 is 0 Å². The average molecular weight is 361 g/mol. The number of hydrogen-bond donors (Lipinski definition) is 4. The van der Waals surface area contributed by atoms with Gasteiger partial charge in [0.1, 0.15) is 30.5 Å². The third-order valence-corrected chi connectivity index (χ3v) is 4.24. The van der Waals surface area contributed by atoms with E-state index in [2.05, 4.69) is 20.3 Å². The van der Waals surface area contributed by atoms with Crippen LogP contribution in [0.4, 0.5) is 15.9 Å². The van der Waals surface area contributed by atoms with E-state index in [0.29, 0.717) is 22.7 Å². The van der Waals surface area contributed by atoms with Crippen molar-refractivity contribution < 1.29 is 24.4 Å².